The summed E-state index contributed by atoms with van der Waals surface area (Å²) in [7, 11) is 0. The summed E-state index contributed by atoms with van der Waals surface area (Å²) in [6.45, 7) is 2.39. The fraction of sp³-hybridized carbons (Fsp3) is 0.778. The summed E-state index contributed by atoms with van der Waals surface area (Å²) in [4.78, 5) is 29.9. The zero-order chi connectivity index (χ0) is 10.8. The van der Waals surface area contributed by atoms with E-state index in [0.29, 0.717) is 6.61 Å². The van der Waals surface area contributed by atoms with E-state index in [1.54, 1.807) is 0 Å². The second kappa shape index (κ2) is 8.50. The molecule has 0 aliphatic heterocycles. The van der Waals surface area contributed by atoms with Gasteiger partial charge in [0.2, 0.25) is 0 Å². The van der Waals surface area contributed by atoms with Gasteiger partial charge >= 0.3 is 11.9 Å². The second-order valence-corrected chi connectivity index (χ2v) is 2.88. The number of hydrogen-bond donors (Lipinski definition) is 1. The minimum absolute atomic E-state index is 0.0238. The van der Waals surface area contributed by atoms with Gasteiger partial charge in [0.25, 0.3) is 0 Å². The van der Waals surface area contributed by atoms with E-state index in [-0.39, 0.29) is 19.3 Å². The van der Waals surface area contributed by atoms with E-state index in [2.05, 4.69) is 9.78 Å². The van der Waals surface area contributed by atoms with E-state index in [1.165, 1.54) is 0 Å². The minimum atomic E-state index is -0.912. The maximum absolute atomic E-state index is 10.8. The first-order valence-electron chi connectivity index (χ1n) is 4.71. The zero-order valence-electron chi connectivity index (χ0n) is 8.32. The maximum Gasteiger partial charge on any atom is 0.342 e. The van der Waals surface area contributed by atoms with Crippen LogP contribution in [0.1, 0.15) is 39.0 Å². The number of aliphatic carboxylic acids is 1. The van der Waals surface area contributed by atoms with Gasteiger partial charge in [0.15, 0.2) is 0 Å². The fourth-order valence-electron chi connectivity index (χ4n) is 0.736. The van der Waals surface area contributed by atoms with Crippen molar-refractivity contribution >= 4 is 11.9 Å². The number of carboxylic acid groups (broad SMARTS) is 1. The van der Waals surface area contributed by atoms with Crippen LogP contribution in [0.4, 0.5) is 0 Å². The van der Waals surface area contributed by atoms with Crippen LogP contribution >= 0.6 is 0 Å². The molecule has 0 aliphatic rings. The molecule has 0 heterocycles. The van der Waals surface area contributed by atoms with Gasteiger partial charge in [0.05, 0.1) is 6.61 Å². The van der Waals surface area contributed by atoms with Gasteiger partial charge in [-0.25, -0.2) is 4.79 Å². The molecule has 5 heteroatoms. The monoisotopic (exact) mass is 204 g/mol. The van der Waals surface area contributed by atoms with Gasteiger partial charge in [-0.15, -0.1) is 0 Å². The number of rotatable bonds is 8. The van der Waals surface area contributed by atoms with Crippen molar-refractivity contribution in [2.24, 2.45) is 0 Å². The zero-order valence-corrected chi connectivity index (χ0v) is 8.32. The number of carbonyl (C=O) groups is 2. The van der Waals surface area contributed by atoms with Gasteiger partial charge in [0, 0.05) is 12.8 Å². The lowest BCUT2D eigenvalue weighted by Crippen LogP contribution is -2.07. The summed E-state index contributed by atoms with van der Waals surface area (Å²) in [5.41, 5.74) is 0. The third kappa shape index (κ3) is 8.99. The van der Waals surface area contributed by atoms with Crippen LogP contribution in [0, 0.1) is 0 Å². The third-order valence-electron chi connectivity index (χ3n) is 1.50. The molecule has 0 amide bonds. The predicted octanol–water partition coefficient (Wildman–Crippen LogP) is 1.52. The second-order valence-electron chi connectivity index (χ2n) is 2.88. The van der Waals surface area contributed by atoms with E-state index in [9.17, 15) is 9.59 Å². The molecule has 14 heavy (non-hydrogen) atoms. The molecule has 0 bridgehead atoms. The van der Waals surface area contributed by atoms with Crippen LogP contribution in [-0.2, 0) is 19.4 Å². The normalized spacial score (nSPS) is 9.79. The number of carbonyl (C=O) groups excluding carboxylic acids is 1. The average Bonchev–Trinajstić information content (AvgIpc) is 2.12. The Kier molecular flexibility index (Phi) is 7.83. The van der Waals surface area contributed by atoms with Gasteiger partial charge in [-0.3, -0.25) is 9.68 Å². The van der Waals surface area contributed by atoms with Crippen LogP contribution in [0.5, 0.6) is 0 Å². The maximum atomic E-state index is 10.8. The molecule has 0 unspecified atom stereocenters. The molecule has 0 atom stereocenters. The van der Waals surface area contributed by atoms with Crippen molar-refractivity contribution in [1.82, 2.24) is 0 Å². The fourth-order valence-corrected chi connectivity index (χ4v) is 0.736. The van der Waals surface area contributed by atoms with Crippen molar-refractivity contribution in [3.63, 3.8) is 0 Å². The van der Waals surface area contributed by atoms with Crippen LogP contribution in [0.15, 0.2) is 0 Å². The molecule has 0 spiro atoms. The highest BCUT2D eigenvalue weighted by atomic mass is 17.2. The average molecular weight is 204 g/mol. The Morgan fingerprint density at radius 2 is 1.93 bits per heavy atom. The smallest absolute Gasteiger partial charge is 0.342 e. The van der Waals surface area contributed by atoms with Gasteiger partial charge in [-0.2, -0.15) is 4.89 Å². The molecule has 0 saturated carbocycles. The lowest BCUT2D eigenvalue weighted by Gasteiger charge is -2.01. The molecular formula is C9H16O5. The van der Waals surface area contributed by atoms with Gasteiger partial charge in [0.1, 0.15) is 0 Å². The first kappa shape index (κ1) is 12.9. The van der Waals surface area contributed by atoms with E-state index in [1.807, 2.05) is 6.92 Å². The van der Waals surface area contributed by atoms with Gasteiger partial charge in [-0.1, -0.05) is 13.3 Å². The van der Waals surface area contributed by atoms with Crippen molar-refractivity contribution in [3.05, 3.63) is 0 Å². The first-order valence-corrected chi connectivity index (χ1v) is 4.71. The van der Waals surface area contributed by atoms with Crippen LogP contribution < -0.4 is 0 Å². The highest BCUT2D eigenvalue weighted by Crippen LogP contribution is 1.98. The molecule has 0 aromatic carbocycles. The Morgan fingerprint density at radius 1 is 1.21 bits per heavy atom. The lowest BCUT2D eigenvalue weighted by atomic mass is 10.2. The van der Waals surface area contributed by atoms with E-state index < -0.39 is 11.9 Å². The molecule has 0 saturated heterocycles. The molecule has 0 radical (unpaired) electrons. The van der Waals surface area contributed by atoms with Crippen LogP contribution in [0.3, 0.4) is 0 Å². The Balaban J connectivity index is 3.24. The van der Waals surface area contributed by atoms with Crippen molar-refractivity contribution in [1.29, 1.82) is 0 Å². The predicted molar refractivity (Wildman–Crippen MR) is 48.4 cm³/mol. The summed E-state index contributed by atoms with van der Waals surface area (Å²) in [6.07, 6.45) is 2.15. The molecule has 0 aromatic heterocycles. The molecule has 82 valence electrons. The van der Waals surface area contributed by atoms with Crippen molar-refractivity contribution in [3.8, 4) is 0 Å². The van der Waals surface area contributed by atoms with Gasteiger partial charge in [-0.05, 0) is 12.8 Å². The highest BCUT2D eigenvalue weighted by Gasteiger charge is 2.05. The molecule has 0 aromatic rings. The van der Waals surface area contributed by atoms with E-state index >= 15 is 0 Å². The molecule has 0 fully saturated rings. The lowest BCUT2D eigenvalue weighted by molar-refractivity contribution is -0.272. The third-order valence-corrected chi connectivity index (χ3v) is 1.50. The van der Waals surface area contributed by atoms with Crippen molar-refractivity contribution in [2.45, 2.75) is 39.0 Å². The topological polar surface area (TPSA) is 72.8 Å². The molecule has 5 nitrogen and oxygen atoms in total. The quantitative estimate of drug-likeness (QED) is 0.368. The van der Waals surface area contributed by atoms with Crippen LogP contribution in [0.2, 0.25) is 0 Å². The summed E-state index contributed by atoms with van der Waals surface area (Å²) >= 11 is 0. The van der Waals surface area contributed by atoms with Crippen LogP contribution in [-0.4, -0.2) is 23.7 Å². The molecule has 0 rings (SSSR count). The standard InChI is InChI=1S/C9H16O5/c1-2-3-7-13-14-9(12)6-4-5-8(10)11/h2-7H2,1H3,(H,10,11). The summed E-state index contributed by atoms with van der Waals surface area (Å²) < 4.78 is 0. The van der Waals surface area contributed by atoms with Crippen molar-refractivity contribution in [2.75, 3.05) is 6.61 Å². The molecular weight excluding hydrogens is 188 g/mol. The van der Waals surface area contributed by atoms with Crippen LogP contribution in [0.25, 0.3) is 0 Å². The summed E-state index contributed by atoms with van der Waals surface area (Å²) in [5, 5.41) is 8.29. The Labute approximate surface area is 82.9 Å². The van der Waals surface area contributed by atoms with E-state index in [0.717, 1.165) is 12.8 Å². The largest absolute Gasteiger partial charge is 0.481 e. The SMILES string of the molecule is CCCCOOC(=O)CCCC(=O)O. The molecule has 1 N–H and O–H groups in total. The van der Waals surface area contributed by atoms with Gasteiger partial charge < -0.3 is 5.11 Å². The number of unbranched alkanes of at least 4 members (excludes halogenated alkanes) is 1. The Morgan fingerprint density at radius 3 is 2.50 bits per heavy atom. The Bertz CT molecular complexity index is 178. The highest BCUT2D eigenvalue weighted by molar-refractivity contribution is 5.71. The number of hydrogen-bond acceptors (Lipinski definition) is 4. The summed E-state index contributed by atoms with van der Waals surface area (Å²) in [5.74, 6) is -1.42. The van der Waals surface area contributed by atoms with Crippen molar-refractivity contribution < 1.29 is 24.5 Å². The number of carboxylic acids is 1. The van der Waals surface area contributed by atoms with E-state index in [4.69, 9.17) is 5.11 Å². The minimum Gasteiger partial charge on any atom is -0.481 e. The first-order chi connectivity index (χ1) is 6.66. The molecule has 0 aliphatic carbocycles. The Hall–Kier alpha value is -1.10. The summed E-state index contributed by atoms with van der Waals surface area (Å²) in [6, 6.07) is 0.